The molecule has 3 rings (SSSR count). The van der Waals surface area contributed by atoms with Gasteiger partial charge in [0.25, 0.3) is 5.91 Å². The lowest BCUT2D eigenvalue weighted by molar-refractivity contribution is -0.142. The van der Waals surface area contributed by atoms with Crippen LogP contribution in [0.1, 0.15) is 11.1 Å². The second kappa shape index (κ2) is 11.4. The Balaban J connectivity index is 1.85. The normalized spacial score (nSPS) is 11.5. The molecule has 166 valence electrons. The Morgan fingerprint density at radius 2 is 1.62 bits per heavy atom. The number of halogens is 2. The van der Waals surface area contributed by atoms with E-state index in [2.05, 4.69) is 21.2 Å². The van der Waals surface area contributed by atoms with Gasteiger partial charge in [-0.2, -0.15) is 0 Å². The molecule has 7 heteroatoms. The summed E-state index contributed by atoms with van der Waals surface area (Å²) < 4.78 is 19.6. The summed E-state index contributed by atoms with van der Waals surface area (Å²) in [7, 11) is 1.55. The van der Waals surface area contributed by atoms with Gasteiger partial charge in [0.05, 0.1) is 0 Å². The first-order valence-electron chi connectivity index (χ1n) is 10.1. The van der Waals surface area contributed by atoms with E-state index < -0.39 is 6.04 Å². The first kappa shape index (κ1) is 23.5. The molecule has 0 unspecified atom stereocenters. The number of carbonyl (C=O) groups is 2. The van der Waals surface area contributed by atoms with Gasteiger partial charge in [0.15, 0.2) is 6.61 Å². The molecule has 1 atom stereocenters. The molecule has 0 fully saturated rings. The van der Waals surface area contributed by atoms with Crippen molar-refractivity contribution >= 4 is 27.7 Å². The summed E-state index contributed by atoms with van der Waals surface area (Å²) in [6.07, 6.45) is 0.360. The van der Waals surface area contributed by atoms with E-state index in [-0.39, 0.29) is 30.8 Å². The van der Waals surface area contributed by atoms with Gasteiger partial charge in [-0.3, -0.25) is 9.59 Å². The van der Waals surface area contributed by atoms with Crippen LogP contribution in [-0.2, 0) is 22.6 Å². The Kier molecular flexibility index (Phi) is 8.39. The summed E-state index contributed by atoms with van der Waals surface area (Å²) in [6, 6.07) is 21.8. The predicted molar refractivity (Wildman–Crippen MR) is 125 cm³/mol. The van der Waals surface area contributed by atoms with Crippen molar-refractivity contribution in [3.63, 3.8) is 0 Å². The van der Waals surface area contributed by atoms with E-state index in [0.29, 0.717) is 12.2 Å². The van der Waals surface area contributed by atoms with E-state index in [9.17, 15) is 14.0 Å². The van der Waals surface area contributed by atoms with Crippen molar-refractivity contribution in [1.82, 2.24) is 10.2 Å². The minimum Gasteiger partial charge on any atom is -0.484 e. The number of carbonyl (C=O) groups excluding carboxylic acids is 2. The fourth-order valence-corrected chi connectivity index (χ4v) is 3.53. The zero-order valence-corrected chi connectivity index (χ0v) is 19.2. The third-order valence-corrected chi connectivity index (χ3v) is 5.49. The Morgan fingerprint density at radius 1 is 0.969 bits per heavy atom. The Bertz CT molecular complexity index is 1030. The smallest absolute Gasteiger partial charge is 0.261 e. The van der Waals surface area contributed by atoms with Gasteiger partial charge in [-0.25, -0.2) is 4.39 Å². The molecule has 0 heterocycles. The molecule has 0 aliphatic carbocycles. The van der Waals surface area contributed by atoms with E-state index in [1.165, 1.54) is 29.2 Å². The van der Waals surface area contributed by atoms with Crippen LogP contribution in [0.25, 0.3) is 0 Å². The Hall–Kier alpha value is -3.19. The number of amides is 2. The monoisotopic (exact) mass is 498 g/mol. The van der Waals surface area contributed by atoms with Crippen molar-refractivity contribution in [2.24, 2.45) is 0 Å². The molecule has 0 aromatic heterocycles. The van der Waals surface area contributed by atoms with Crippen molar-refractivity contribution in [3.05, 3.63) is 100 Å². The topological polar surface area (TPSA) is 58.6 Å². The molecule has 0 spiro atoms. The summed E-state index contributed by atoms with van der Waals surface area (Å²) in [6.45, 7) is -0.0335. The third kappa shape index (κ3) is 6.65. The lowest BCUT2D eigenvalue weighted by Crippen LogP contribution is -2.51. The van der Waals surface area contributed by atoms with Crippen LogP contribution in [0.5, 0.6) is 5.75 Å². The van der Waals surface area contributed by atoms with Gasteiger partial charge in [-0.15, -0.1) is 0 Å². The first-order valence-corrected chi connectivity index (χ1v) is 10.9. The highest BCUT2D eigenvalue weighted by Gasteiger charge is 2.30. The van der Waals surface area contributed by atoms with Crippen LogP contribution in [0, 0.1) is 5.82 Å². The molecule has 0 aliphatic rings. The molecule has 3 aromatic rings. The quantitative estimate of drug-likeness (QED) is 0.476. The molecule has 0 radical (unpaired) electrons. The van der Waals surface area contributed by atoms with Crippen molar-refractivity contribution in [2.75, 3.05) is 13.7 Å². The van der Waals surface area contributed by atoms with Crippen LogP contribution in [-0.4, -0.2) is 36.4 Å². The summed E-state index contributed by atoms with van der Waals surface area (Å²) >= 11 is 3.41. The lowest BCUT2D eigenvalue weighted by atomic mass is 10.0. The van der Waals surface area contributed by atoms with Gasteiger partial charge in [-0.05, 0) is 47.5 Å². The average Bonchev–Trinajstić information content (AvgIpc) is 2.82. The number of benzene rings is 3. The number of nitrogens with zero attached hydrogens (tertiary/aromatic N) is 1. The number of nitrogens with one attached hydrogen (secondary N) is 1. The standard InChI is InChI=1S/C25H24BrFN2O3/c1-28-25(31)23(15-18-5-3-2-4-6-18)29(16-19-7-9-20(26)10-8-19)24(30)17-32-22-13-11-21(27)12-14-22/h2-14,23H,15-17H2,1H3,(H,28,31)/t23-/m1/s1. The van der Waals surface area contributed by atoms with Crippen molar-refractivity contribution in [2.45, 2.75) is 19.0 Å². The van der Waals surface area contributed by atoms with Gasteiger partial charge in [0, 0.05) is 24.5 Å². The summed E-state index contributed by atoms with van der Waals surface area (Å²) in [5.41, 5.74) is 1.82. The fourth-order valence-electron chi connectivity index (χ4n) is 3.27. The highest BCUT2D eigenvalue weighted by Crippen LogP contribution is 2.18. The second-order valence-corrected chi connectivity index (χ2v) is 8.13. The maximum absolute atomic E-state index is 13.2. The minimum atomic E-state index is -0.727. The Labute approximate surface area is 195 Å². The highest BCUT2D eigenvalue weighted by atomic mass is 79.9. The maximum Gasteiger partial charge on any atom is 0.261 e. The summed E-state index contributed by atoms with van der Waals surface area (Å²) in [5.74, 6) is -0.617. The lowest BCUT2D eigenvalue weighted by Gasteiger charge is -2.31. The highest BCUT2D eigenvalue weighted by molar-refractivity contribution is 9.10. The van der Waals surface area contributed by atoms with Gasteiger partial charge >= 0.3 is 0 Å². The van der Waals surface area contributed by atoms with Crippen LogP contribution in [0.3, 0.4) is 0 Å². The third-order valence-electron chi connectivity index (χ3n) is 4.96. The number of likely N-dealkylation sites (N-methyl/N-ethyl adjacent to an activating group) is 1. The van der Waals surface area contributed by atoms with Gasteiger partial charge in [0.1, 0.15) is 17.6 Å². The maximum atomic E-state index is 13.2. The van der Waals surface area contributed by atoms with Gasteiger partial charge < -0.3 is 15.0 Å². The molecule has 0 saturated carbocycles. The SMILES string of the molecule is CNC(=O)[C@@H](Cc1ccccc1)N(Cc1ccc(Br)cc1)C(=O)COc1ccc(F)cc1. The second-order valence-electron chi connectivity index (χ2n) is 7.21. The van der Waals surface area contributed by atoms with Crippen LogP contribution in [0.2, 0.25) is 0 Å². The van der Waals surface area contributed by atoms with Crippen molar-refractivity contribution < 1.29 is 18.7 Å². The van der Waals surface area contributed by atoms with Crippen LogP contribution < -0.4 is 10.1 Å². The van der Waals surface area contributed by atoms with Gasteiger partial charge in [0.2, 0.25) is 5.91 Å². The van der Waals surface area contributed by atoms with E-state index >= 15 is 0 Å². The number of ether oxygens (including phenoxy) is 1. The summed E-state index contributed by atoms with van der Waals surface area (Å²) in [4.78, 5) is 27.6. The zero-order valence-electron chi connectivity index (χ0n) is 17.6. The largest absolute Gasteiger partial charge is 0.484 e. The molecule has 2 amide bonds. The van der Waals surface area contributed by atoms with E-state index in [4.69, 9.17) is 4.74 Å². The molecular weight excluding hydrogens is 475 g/mol. The average molecular weight is 499 g/mol. The first-order chi connectivity index (χ1) is 15.5. The molecule has 5 nitrogen and oxygen atoms in total. The van der Waals surface area contributed by atoms with Crippen molar-refractivity contribution in [1.29, 1.82) is 0 Å². The molecule has 0 saturated heterocycles. The van der Waals surface area contributed by atoms with Crippen LogP contribution in [0.15, 0.2) is 83.3 Å². The van der Waals surface area contributed by atoms with Crippen LogP contribution in [0.4, 0.5) is 4.39 Å². The predicted octanol–water partition coefficient (Wildman–Crippen LogP) is 4.35. The molecule has 32 heavy (non-hydrogen) atoms. The van der Waals surface area contributed by atoms with Crippen LogP contribution >= 0.6 is 15.9 Å². The molecule has 3 aromatic carbocycles. The number of hydrogen-bond acceptors (Lipinski definition) is 3. The van der Waals surface area contributed by atoms with E-state index in [1.807, 2.05) is 54.6 Å². The minimum absolute atomic E-state index is 0.240. The molecule has 0 bridgehead atoms. The zero-order chi connectivity index (χ0) is 22.9. The fraction of sp³-hybridized carbons (Fsp3) is 0.200. The van der Waals surface area contributed by atoms with Gasteiger partial charge in [-0.1, -0.05) is 58.4 Å². The van der Waals surface area contributed by atoms with E-state index in [0.717, 1.165) is 15.6 Å². The molecular formula is C25H24BrFN2O3. The summed E-state index contributed by atoms with van der Waals surface area (Å²) in [5, 5.41) is 2.67. The van der Waals surface area contributed by atoms with E-state index in [1.54, 1.807) is 7.05 Å². The number of hydrogen-bond donors (Lipinski definition) is 1. The molecule has 0 aliphatic heterocycles. The van der Waals surface area contributed by atoms with Crippen molar-refractivity contribution in [3.8, 4) is 5.75 Å². The number of rotatable bonds is 9. The Morgan fingerprint density at radius 3 is 2.25 bits per heavy atom. The molecule has 1 N–H and O–H groups in total.